The summed E-state index contributed by atoms with van der Waals surface area (Å²) in [6, 6.07) is 8.14. The van der Waals surface area contributed by atoms with Gasteiger partial charge in [-0.25, -0.2) is 0 Å². The molecule has 1 aliphatic rings. The number of hydrogen-bond donors (Lipinski definition) is 2. The molecule has 1 fully saturated rings. The van der Waals surface area contributed by atoms with Crippen LogP contribution < -0.4 is 11.1 Å². The molecule has 5 heteroatoms. The van der Waals surface area contributed by atoms with Gasteiger partial charge in [0.1, 0.15) is 0 Å². The van der Waals surface area contributed by atoms with E-state index in [0.717, 1.165) is 30.4 Å². The molecule has 1 aromatic carbocycles. The van der Waals surface area contributed by atoms with E-state index < -0.39 is 0 Å². The first-order valence-corrected chi connectivity index (χ1v) is 8.95. The number of hydrogen-bond acceptors (Lipinski definition) is 4. The SMILES string of the molecule is CCOCCOCc1cccc(CNC(=O)[C@@H]2CCC[C@@H]2CN)c1. The largest absolute Gasteiger partial charge is 0.379 e. The van der Waals surface area contributed by atoms with Crippen molar-refractivity contribution in [3.8, 4) is 0 Å². The molecular weight excluding hydrogens is 304 g/mol. The Kier molecular flexibility index (Phi) is 8.22. The lowest BCUT2D eigenvalue weighted by atomic mass is 9.95. The Morgan fingerprint density at radius 1 is 1.25 bits per heavy atom. The van der Waals surface area contributed by atoms with Gasteiger partial charge in [-0.05, 0) is 43.4 Å². The van der Waals surface area contributed by atoms with E-state index in [1.54, 1.807) is 0 Å². The van der Waals surface area contributed by atoms with Crippen molar-refractivity contribution in [3.05, 3.63) is 35.4 Å². The van der Waals surface area contributed by atoms with Crippen LogP contribution in [-0.2, 0) is 27.4 Å². The van der Waals surface area contributed by atoms with Crippen molar-refractivity contribution in [2.75, 3.05) is 26.4 Å². The molecule has 2 rings (SSSR count). The summed E-state index contributed by atoms with van der Waals surface area (Å²) in [5.74, 6) is 0.566. The van der Waals surface area contributed by atoms with Gasteiger partial charge in [0, 0.05) is 19.1 Å². The van der Waals surface area contributed by atoms with E-state index in [1.165, 1.54) is 0 Å². The van der Waals surface area contributed by atoms with Gasteiger partial charge in [-0.3, -0.25) is 4.79 Å². The van der Waals surface area contributed by atoms with Crippen LogP contribution in [0, 0.1) is 11.8 Å². The molecule has 0 bridgehead atoms. The number of carbonyl (C=O) groups excluding carboxylic acids is 1. The predicted octanol–water partition coefficient (Wildman–Crippen LogP) is 2.23. The van der Waals surface area contributed by atoms with Gasteiger partial charge >= 0.3 is 0 Å². The lowest BCUT2D eigenvalue weighted by Gasteiger charge is -2.17. The Morgan fingerprint density at radius 2 is 2.04 bits per heavy atom. The molecule has 2 atom stereocenters. The van der Waals surface area contributed by atoms with Crippen molar-refractivity contribution in [1.29, 1.82) is 0 Å². The second-order valence-electron chi connectivity index (χ2n) is 6.32. The zero-order valence-corrected chi connectivity index (χ0v) is 14.6. The number of ether oxygens (including phenoxy) is 2. The van der Waals surface area contributed by atoms with Crippen LogP contribution in [0.5, 0.6) is 0 Å². The van der Waals surface area contributed by atoms with Crippen molar-refractivity contribution in [1.82, 2.24) is 5.32 Å². The van der Waals surface area contributed by atoms with Crippen molar-refractivity contribution < 1.29 is 14.3 Å². The maximum Gasteiger partial charge on any atom is 0.223 e. The molecule has 1 aliphatic carbocycles. The third kappa shape index (κ3) is 5.89. The third-order valence-electron chi connectivity index (χ3n) is 4.60. The second-order valence-corrected chi connectivity index (χ2v) is 6.32. The van der Waals surface area contributed by atoms with Crippen LogP contribution in [-0.4, -0.2) is 32.3 Å². The predicted molar refractivity (Wildman–Crippen MR) is 94.3 cm³/mol. The van der Waals surface area contributed by atoms with Crippen molar-refractivity contribution in [2.24, 2.45) is 17.6 Å². The van der Waals surface area contributed by atoms with Gasteiger partial charge < -0.3 is 20.5 Å². The highest BCUT2D eigenvalue weighted by molar-refractivity contribution is 5.79. The Balaban J connectivity index is 1.76. The molecule has 1 aromatic rings. The number of nitrogens with two attached hydrogens (primary N) is 1. The maximum atomic E-state index is 12.3. The van der Waals surface area contributed by atoms with Gasteiger partial charge in [-0.1, -0.05) is 30.7 Å². The molecule has 0 aliphatic heterocycles. The van der Waals surface area contributed by atoms with Crippen molar-refractivity contribution in [2.45, 2.75) is 39.3 Å². The zero-order chi connectivity index (χ0) is 17.2. The second kappa shape index (κ2) is 10.4. The van der Waals surface area contributed by atoms with E-state index in [4.69, 9.17) is 15.2 Å². The highest BCUT2D eigenvalue weighted by Gasteiger charge is 2.31. The van der Waals surface area contributed by atoms with Gasteiger partial charge in [0.15, 0.2) is 0 Å². The van der Waals surface area contributed by atoms with Crippen LogP contribution in [0.1, 0.15) is 37.3 Å². The zero-order valence-electron chi connectivity index (χ0n) is 14.6. The van der Waals surface area contributed by atoms with Crippen LogP contribution in [0.15, 0.2) is 24.3 Å². The van der Waals surface area contributed by atoms with Crippen molar-refractivity contribution >= 4 is 5.91 Å². The van der Waals surface area contributed by atoms with Crippen LogP contribution in [0.25, 0.3) is 0 Å². The molecule has 134 valence electrons. The highest BCUT2D eigenvalue weighted by atomic mass is 16.5. The summed E-state index contributed by atoms with van der Waals surface area (Å²) in [4.78, 5) is 12.3. The topological polar surface area (TPSA) is 73.6 Å². The minimum Gasteiger partial charge on any atom is -0.379 e. The van der Waals surface area contributed by atoms with Gasteiger partial charge in [0.2, 0.25) is 5.91 Å². The van der Waals surface area contributed by atoms with Gasteiger partial charge in [0.25, 0.3) is 0 Å². The molecule has 0 radical (unpaired) electrons. The Hall–Kier alpha value is -1.43. The molecule has 24 heavy (non-hydrogen) atoms. The Bertz CT molecular complexity index is 507. The first kappa shape index (κ1) is 18.9. The average Bonchev–Trinajstić information content (AvgIpc) is 3.09. The normalized spacial score (nSPS) is 20.2. The molecule has 5 nitrogen and oxygen atoms in total. The summed E-state index contributed by atoms with van der Waals surface area (Å²) in [5, 5.41) is 3.06. The standard InChI is InChI=1S/C19H30N2O3/c1-2-23-9-10-24-14-16-6-3-5-15(11-16)13-21-19(22)18-8-4-7-17(18)12-20/h3,5-6,11,17-18H,2,4,7-10,12-14,20H2,1H3,(H,21,22)/t17-,18-/m1/s1. The van der Waals surface area contributed by atoms with E-state index in [-0.39, 0.29) is 11.8 Å². The molecular formula is C19H30N2O3. The summed E-state index contributed by atoms with van der Waals surface area (Å²) in [6.07, 6.45) is 3.14. The third-order valence-corrected chi connectivity index (χ3v) is 4.60. The molecule has 3 N–H and O–H groups in total. The minimum absolute atomic E-state index is 0.0834. The first-order valence-electron chi connectivity index (χ1n) is 8.95. The lowest BCUT2D eigenvalue weighted by Crippen LogP contribution is -2.34. The summed E-state index contributed by atoms with van der Waals surface area (Å²) in [5.41, 5.74) is 7.97. The monoisotopic (exact) mass is 334 g/mol. The van der Waals surface area contributed by atoms with Gasteiger partial charge in [-0.15, -0.1) is 0 Å². The quantitative estimate of drug-likeness (QED) is 0.644. The van der Waals surface area contributed by atoms with Gasteiger partial charge in [-0.2, -0.15) is 0 Å². The molecule has 0 spiro atoms. The van der Waals surface area contributed by atoms with E-state index >= 15 is 0 Å². The first-order chi connectivity index (χ1) is 11.7. The Labute approximate surface area is 144 Å². The van der Waals surface area contributed by atoms with Crippen LogP contribution in [0.4, 0.5) is 0 Å². The van der Waals surface area contributed by atoms with Crippen LogP contribution >= 0.6 is 0 Å². The van der Waals surface area contributed by atoms with E-state index in [0.29, 0.717) is 45.4 Å². The van der Waals surface area contributed by atoms with Crippen molar-refractivity contribution in [3.63, 3.8) is 0 Å². The molecule has 1 amide bonds. The summed E-state index contributed by atoms with van der Waals surface area (Å²) in [6.45, 7) is 5.62. The minimum atomic E-state index is 0.0834. The number of nitrogens with one attached hydrogen (secondary N) is 1. The van der Waals surface area contributed by atoms with Gasteiger partial charge in [0.05, 0.1) is 19.8 Å². The number of carbonyl (C=O) groups is 1. The fourth-order valence-corrected chi connectivity index (χ4v) is 3.27. The number of rotatable bonds is 10. The molecule has 0 heterocycles. The summed E-state index contributed by atoms with van der Waals surface area (Å²) in [7, 11) is 0. The molecule has 1 saturated carbocycles. The van der Waals surface area contributed by atoms with Crippen LogP contribution in [0.2, 0.25) is 0 Å². The molecule has 0 unspecified atom stereocenters. The molecule has 0 saturated heterocycles. The van der Waals surface area contributed by atoms with E-state index in [1.807, 2.05) is 25.1 Å². The summed E-state index contributed by atoms with van der Waals surface area (Å²) >= 11 is 0. The highest BCUT2D eigenvalue weighted by Crippen LogP contribution is 2.30. The number of benzene rings is 1. The molecule has 0 aromatic heterocycles. The fraction of sp³-hybridized carbons (Fsp3) is 0.632. The fourth-order valence-electron chi connectivity index (χ4n) is 3.27. The number of amides is 1. The summed E-state index contributed by atoms with van der Waals surface area (Å²) < 4.78 is 10.8. The Morgan fingerprint density at radius 3 is 2.83 bits per heavy atom. The smallest absolute Gasteiger partial charge is 0.223 e. The van der Waals surface area contributed by atoms with Crippen LogP contribution in [0.3, 0.4) is 0 Å². The maximum absolute atomic E-state index is 12.3. The van der Waals surface area contributed by atoms with E-state index in [9.17, 15) is 4.79 Å². The van der Waals surface area contributed by atoms with E-state index in [2.05, 4.69) is 11.4 Å². The lowest BCUT2D eigenvalue weighted by molar-refractivity contribution is -0.126. The average molecular weight is 334 g/mol.